The van der Waals surface area contributed by atoms with Crippen molar-refractivity contribution in [2.45, 2.75) is 45.7 Å². The molecule has 5 nitrogen and oxygen atoms in total. The molecule has 1 aromatic rings. The van der Waals surface area contributed by atoms with Gasteiger partial charge in [-0.1, -0.05) is 18.2 Å². The maximum atomic E-state index is 12.3. The van der Waals surface area contributed by atoms with E-state index in [1.54, 1.807) is 0 Å². The monoisotopic (exact) mass is 318 g/mol. The highest BCUT2D eigenvalue weighted by Crippen LogP contribution is 2.14. The lowest BCUT2D eigenvalue weighted by Gasteiger charge is -2.32. The molecule has 5 heteroatoms. The Morgan fingerprint density at radius 3 is 2.26 bits per heavy atom. The Balaban J connectivity index is 1.81. The van der Waals surface area contributed by atoms with Crippen LogP contribution in [0.15, 0.2) is 30.3 Å². The van der Waals surface area contributed by atoms with E-state index in [0.717, 1.165) is 31.6 Å². The van der Waals surface area contributed by atoms with E-state index in [4.69, 9.17) is 0 Å². The maximum absolute atomic E-state index is 12.3. The Labute approximate surface area is 138 Å². The van der Waals surface area contributed by atoms with Crippen molar-refractivity contribution in [2.75, 3.05) is 18.4 Å². The van der Waals surface area contributed by atoms with Crippen LogP contribution in [-0.4, -0.2) is 37.0 Å². The van der Waals surface area contributed by atoms with Crippen LogP contribution in [0.25, 0.3) is 0 Å². The second kappa shape index (κ2) is 8.11. The molecule has 2 amide bonds. The van der Waals surface area contributed by atoms with E-state index in [-0.39, 0.29) is 29.8 Å². The number of hydrogen-bond donors (Lipinski definition) is 3. The first-order chi connectivity index (χ1) is 11.0. The highest BCUT2D eigenvalue weighted by atomic mass is 16.2. The number of nitrogens with one attached hydrogen (secondary N) is 3. The molecule has 23 heavy (non-hydrogen) atoms. The Hall–Kier alpha value is -1.88. The van der Waals surface area contributed by atoms with Gasteiger partial charge in [0.1, 0.15) is 0 Å². The third kappa shape index (κ3) is 5.06. The van der Waals surface area contributed by atoms with E-state index in [2.05, 4.69) is 10.6 Å². The zero-order valence-electron chi connectivity index (χ0n) is 14.3. The average Bonchev–Trinajstić information content (AvgIpc) is 2.54. The summed E-state index contributed by atoms with van der Waals surface area (Å²) >= 11 is 0. The number of carbonyl (C=O) groups excluding carboxylic acids is 2. The van der Waals surface area contributed by atoms with Gasteiger partial charge in [0, 0.05) is 30.5 Å². The number of likely N-dealkylation sites (tertiary alicyclic amines) is 1. The third-order valence-corrected chi connectivity index (χ3v) is 4.48. The summed E-state index contributed by atoms with van der Waals surface area (Å²) in [6.07, 6.45) is 1.65. The number of carbonyl (C=O) groups is 2. The summed E-state index contributed by atoms with van der Waals surface area (Å²) in [5.41, 5.74) is 0.844. The molecular weight excluding hydrogens is 290 g/mol. The molecule has 0 aliphatic carbocycles. The Morgan fingerprint density at radius 2 is 1.70 bits per heavy atom. The van der Waals surface area contributed by atoms with Crippen molar-refractivity contribution >= 4 is 17.5 Å². The topological polar surface area (TPSA) is 62.6 Å². The lowest BCUT2D eigenvalue weighted by molar-refractivity contribution is -0.919. The van der Waals surface area contributed by atoms with Gasteiger partial charge >= 0.3 is 0 Å². The molecule has 1 aliphatic rings. The zero-order valence-corrected chi connectivity index (χ0v) is 14.3. The van der Waals surface area contributed by atoms with Gasteiger partial charge in [-0.25, -0.2) is 0 Å². The molecule has 1 aliphatic heterocycles. The summed E-state index contributed by atoms with van der Waals surface area (Å²) in [4.78, 5) is 25.7. The average molecular weight is 318 g/mol. The van der Waals surface area contributed by atoms with Crippen molar-refractivity contribution in [1.29, 1.82) is 0 Å². The fourth-order valence-corrected chi connectivity index (χ4v) is 3.04. The number of anilines is 1. The first-order valence-electron chi connectivity index (χ1n) is 8.48. The molecule has 0 radical (unpaired) electrons. The van der Waals surface area contributed by atoms with Crippen molar-refractivity contribution in [1.82, 2.24) is 5.32 Å². The molecule has 0 saturated carbocycles. The van der Waals surface area contributed by atoms with Crippen LogP contribution in [0.2, 0.25) is 0 Å². The summed E-state index contributed by atoms with van der Waals surface area (Å²) in [6.45, 7) is 7.64. The van der Waals surface area contributed by atoms with E-state index < -0.39 is 0 Å². The van der Waals surface area contributed by atoms with Gasteiger partial charge in [0.05, 0.1) is 13.1 Å². The van der Waals surface area contributed by atoms with E-state index >= 15 is 0 Å². The fraction of sp³-hybridized carbons (Fsp3) is 0.556. The minimum Gasteiger partial charge on any atom is -0.349 e. The van der Waals surface area contributed by atoms with E-state index in [0.29, 0.717) is 0 Å². The van der Waals surface area contributed by atoms with Crippen molar-refractivity contribution < 1.29 is 14.5 Å². The summed E-state index contributed by atoms with van der Waals surface area (Å²) in [7, 11) is 0. The Kier molecular flexibility index (Phi) is 6.16. The number of para-hydroxylation sites is 1. The minimum absolute atomic E-state index is 0.0410. The van der Waals surface area contributed by atoms with Gasteiger partial charge in [0.25, 0.3) is 5.91 Å². The summed E-state index contributed by atoms with van der Waals surface area (Å²) < 4.78 is 0. The van der Waals surface area contributed by atoms with Gasteiger partial charge in [-0.15, -0.1) is 0 Å². The van der Waals surface area contributed by atoms with Gasteiger partial charge in [-0.05, 0) is 32.9 Å². The Bertz CT molecular complexity index is 522. The van der Waals surface area contributed by atoms with Crippen LogP contribution in [0.5, 0.6) is 0 Å². The maximum Gasteiger partial charge on any atom is 0.278 e. The van der Waals surface area contributed by atoms with Crippen LogP contribution in [0.4, 0.5) is 5.69 Å². The Morgan fingerprint density at radius 1 is 1.09 bits per heavy atom. The molecule has 3 N–H and O–H groups in total. The fourth-order valence-electron chi connectivity index (χ4n) is 3.04. The molecule has 1 atom stereocenters. The molecular formula is C18H28N3O2+. The van der Waals surface area contributed by atoms with Crippen molar-refractivity contribution in [2.24, 2.45) is 5.92 Å². The number of benzene rings is 1. The number of quaternary nitrogens is 1. The molecule has 2 rings (SSSR count). The lowest BCUT2D eigenvalue weighted by atomic mass is 9.94. The molecule has 0 unspecified atom stereocenters. The van der Waals surface area contributed by atoms with Crippen LogP contribution in [-0.2, 0) is 9.59 Å². The van der Waals surface area contributed by atoms with E-state index in [1.165, 1.54) is 4.90 Å². The summed E-state index contributed by atoms with van der Waals surface area (Å²) in [6, 6.07) is 9.66. The van der Waals surface area contributed by atoms with Crippen LogP contribution in [0.3, 0.4) is 0 Å². The third-order valence-electron chi connectivity index (χ3n) is 4.48. The number of amides is 2. The quantitative estimate of drug-likeness (QED) is 0.753. The standard InChI is InChI=1S/C18H27N3O2/c1-13(2)19-17(22)14(3)21-11-9-15(10-12-21)18(23)20-16-7-5-4-6-8-16/h4-8,13-15H,9-12H2,1-3H3,(H,19,22)(H,20,23)/p+1/t14-/m1/s1. The van der Waals surface area contributed by atoms with E-state index in [1.807, 2.05) is 51.1 Å². The molecule has 126 valence electrons. The SMILES string of the molecule is CC(C)NC(=O)[C@@H](C)[NH+]1CCC(C(=O)Nc2ccccc2)CC1. The van der Waals surface area contributed by atoms with Crippen LogP contribution < -0.4 is 15.5 Å². The number of hydrogen-bond acceptors (Lipinski definition) is 2. The molecule has 0 bridgehead atoms. The van der Waals surface area contributed by atoms with Crippen molar-refractivity contribution in [3.05, 3.63) is 30.3 Å². The predicted molar refractivity (Wildman–Crippen MR) is 91.2 cm³/mol. The van der Waals surface area contributed by atoms with Gasteiger partial charge in [-0.2, -0.15) is 0 Å². The zero-order chi connectivity index (χ0) is 16.8. The van der Waals surface area contributed by atoms with Gasteiger partial charge in [0.15, 0.2) is 6.04 Å². The first kappa shape index (κ1) is 17.5. The number of rotatable bonds is 5. The lowest BCUT2D eigenvalue weighted by Crippen LogP contribution is -3.17. The molecule has 1 aromatic carbocycles. The predicted octanol–water partition coefficient (Wildman–Crippen LogP) is 0.833. The van der Waals surface area contributed by atoms with E-state index in [9.17, 15) is 9.59 Å². The van der Waals surface area contributed by atoms with Gasteiger partial charge in [0.2, 0.25) is 5.91 Å². The molecule has 1 saturated heterocycles. The second-order valence-electron chi connectivity index (χ2n) is 6.67. The van der Waals surface area contributed by atoms with Crippen molar-refractivity contribution in [3.63, 3.8) is 0 Å². The van der Waals surface area contributed by atoms with Crippen molar-refractivity contribution in [3.8, 4) is 0 Å². The summed E-state index contributed by atoms with van der Waals surface area (Å²) in [5, 5.41) is 5.94. The normalized spacial score (nSPS) is 22.4. The largest absolute Gasteiger partial charge is 0.349 e. The smallest absolute Gasteiger partial charge is 0.278 e. The molecule has 1 heterocycles. The first-order valence-corrected chi connectivity index (χ1v) is 8.48. The highest BCUT2D eigenvalue weighted by Gasteiger charge is 2.32. The van der Waals surface area contributed by atoms with Crippen LogP contribution in [0.1, 0.15) is 33.6 Å². The second-order valence-corrected chi connectivity index (χ2v) is 6.67. The van der Waals surface area contributed by atoms with Crippen LogP contribution in [0, 0.1) is 5.92 Å². The molecule has 0 spiro atoms. The molecule has 0 aromatic heterocycles. The highest BCUT2D eigenvalue weighted by molar-refractivity contribution is 5.92. The van der Waals surface area contributed by atoms with Gasteiger partial charge in [-0.3, -0.25) is 9.59 Å². The number of piperidine rings is 1. The minimum atomic E-state index is -0.0597. The molecule has 1 fully saturated rings. The van der Waals surface area contributed by atoms with Gasteiger partial charge < -0.3 is 15.5 Å². The summed E-state index contributed by atoms with van der Waals surface area (Å²) in [5.74, 6) is 0.232. The van der Waals surface area contributed by atoms with Crippen LogP contribution >= 0.6 is 0 Å².